The van der Waals surface area contributed by atoms with Crippen LogP contribution in [0, 0.1) is 5.92 Å². The second-order valence-electron chi connectivity index (χ2n) is 10.6. The van der Waals surface area contributed by atoms with Crippen LogP contribution < -0.4 is 5.32 Å². The molecule has 2 aliphatic rings. The third-order valence-electron chi connectivity index (χ3n) is 7.47. The third-order valence-corrected chi connectivity index (χ3v) is 7.47. The number of hydrogen-bond donors (Lipinski definition) is 2. The molecule has 0 fully saturated rings. The van der Waals surface area contributed by atoms with Gasteiger partial charge in [0.25, 0.3) is 5.91 Å². The molecule has 0 saturated carbocycles. The fraction of sp³-hybridized carbons (Fsp3) is 0.379. The number of nitrogens with one attached hydrogen (secondary N) is 1. The minimum atomic E-state index is -4.36. The van der Waals surface area contributed by atoms with E-state index in [0.717, 1.165) is 40.1 Å². The lowest BCUT2D eigenvalue weighted by Crippen LogP contribution is -2.52. The average Bonchev–Trinajstić information content (AvgIpc) is 3.41. The first kappa shape index (κ1) is 25.4. The first-order valence-corrected chi connectivity index (χ1v) is 12.5. The van der Waals surface area contributed by atoms with Crippen LogP contribution in [-0.2, 0) is 32.1 Å². The summed E-state index contributed by atoms with van der Waals surface area (Å²) in [6, 6.07) is 15.1. The Hall–Kier alpha value is -3.23. The highest BCUT2D eigenvalue weighted by atomic mass is 19.4. The minimum Gasteiger partial charge on any atom is -0.394 e. The molecule has 194 valence electrons. The molecule has 3 aromatic rings. The summed E-state index contributed by atoms with van der Waals surface area (Å²) >= 11 is 0. The molecular weight excluding hydrogens is 479 g/mol. The number of aromatic nitrogens is 1. The molecule has 2 heterocycles. The number of carbonyl (C=O) groups excluding carboxylic acids is 1. The van der Waals surface area contributed by atoms with Crippen molar-refractivity contribution in [3.8, 4) is 0 Å². The number of amides is 1. The maximum Gasteiger partial charge on any atom is 0.416 e. The number of aliphatic hydroxyl groups excluding tert-OH is 1. The monoisotopic (exact) mass is 509 g/mol. The van der Waals surface area contributed by atoms with Crippen LogP contribution in [0.1, 0.15) is 63.8 Å². The van der Waals surface area contributed by atoms with Crippen molar-refractivity contribution in [2.75, 3.05) is 6.61 Å². The van der Waals surface area contributed by atoms with Crippen molar-refractivity contribution in [1.82, 2.24) is 15.2 Å². The zero-order chi connectivity index (χ0) is 26.4. The van der Waals surface area contributed by atoms with E-state index in [1.54, 1.807) is 6.20 Å². The first-order chi connectivity index (χ1) is 17.6. The van der Waals surface area contributed by atoms with Gasteiger partial charge in [0.1, 0.15) is 0 Å². The highest BCUT2D eigenvalue weighted by Crippen LogP contribution is 2.39. The molecule has 5 nitrogen and oxygen atoms in total. The summed E-state index contributed by atoms with van der Waals surface area (Å²) in [6.45, 7) is 5.03. The Balaban J connectivity index is 1.33. The number of benzene rings is 2. The van der Waals surface area contributed by atoms with Gasteiger partial charge in [-0.2, -0.15) is 13.2 Å². The van der Waals surface area contributed by atoms with Crippen LogP contribution in [0.15, 0.2) is 60.8 Å². The number of hydrogen-bond acceptors (Lipinski definition) is 4. The molecule has 1 aliphatic heterocycles. The van der Waals surface area contributed by atoms with Crippen LogP contribution in [0.3, 0.4) is 0 Å². The second-order valence-corrected chi connectivity index (χ2v) is 10.6. The van der Waals surface area contributed by atoms with Gasteiger partial charge in [0.15, 0.2) is 0 Å². The number of alkyl halides is 3. The van der Waals surface area contributed by atoms with Crippen LogP contribution in [0.5, 0.6) is 0 Å². The lowest BCUT2D eigenvalue weighted by molar-refractivity contribution is -0.137. The standard InChI is InChI=1S/C29H30F3N3O2/c1-18(2)26-25-23(16-35(26)15-19-7-9-24(10-8-19)29(30,31)32)11-22(14-33-25)27(37)34-28(17-36)12-20-5-3-4-6-21(20)13-28/h3-11,14,18,26,36H,12-13,15-17H2,1-2H3,(H,34,37)/t26-/m0/s1. The van der Waals surface area contributed by atoms with Crippen molar-refractivity contribution >= 4 is 5.91 Å². The van der Waals surface area contributed by atoms with E-state index in [4.69, 9.17) is 0 Å². The minimum absolute atomic E-state index is 0.0116. The van der Waals surface area contributed by atoms with E-state index in [0.29, 0.717) is 31.5 Å². The smallest absolute Gasteiger partial charge is 0.394 e. The predicted molar refractivity (Wildman–Crippen MR) is 134 cm³/mol. The Bertz CT molecular complexity index is 1280. The van der Waals surface area contributed by atoms with Gasteiger partial charge in [-0.25, -0.2) is 0 Å². The maximum absolute atomic E-state index is 13.2. The summed E-state index contributed by atoms with van der Waals surface area (Å²) in [5.41, 5.74) is 3.90. The molecule has 0 radical (unpaired) electrons. The van der Waals surface area contributed by atoms with Gasteiger partial charge >= 0.3 is 6.18 Å². The molecule has 1 atom stereocenters. The highest BCUT2D eigenvalue weighted by molar-refractivity contribution is 5.94. The average molecular weight is 510 g/mol. The van der Waals surface area contributed by atoms with Gasteiger partial charge in [0, 0.05) is 19.3 Å². The molecule has 0 unspecified atom stereocenters. The van der Waals surface area contributed by atoms with E-state index in [1.165, 1.54) is 12.1 Å². The van der Waals surface area contributed by atoms with Crippen molar-refractivity contribution in [2.24, 2.45) is 5.92 Å². The quantitative estimate of drug-likeness (QED) is 0.487. The van der Waals surface area contributed by atoms with E-state index < -0.39 is 17.3 Å². The fourth-order valence-electron chi connectivity index (χ4n) is 5.70. The summed E-state index contributed by atoms with van der Waals surface area (Å²) in [7, 11) is 0. The summed E-state index contributed by atoms with van der Waals surface area (Å²) in [6.07, 6.45) is -1.64. The van der Waals surface area contributed by atoms with Crippen molar-refractivity contribution in [3.05, 3.63) is 99.9 Å². The normalized spacial score (nSPS) is 18.6. The molecule has 1 amide bonds. The molecule has 0 spiro atoms. The molecule has 8 heteroatoms. The lowest BCUT2D eigenvalue weighted by atomic mass is 9.95. The van der Waals surface area contributed by atoms with E-state index >= 15 is 0 Å². The van der Waals surface area contributed by atoms with Crippen molar-refractivity contribution in [3.63, 3.8) is 0 Å². The largest absolute Gasteiger partial charge is 0.416 e. The molecule has 1 aliphatic carbocycles. The summed E-state index contributed by atoms with van der Waals surface area (Å²) < 4.78 is 38.9. The maximum atomic E-state index is 13.2. The van der Waals surface area contributed by atoms with E-state index in [-0.39, 0.29) is 24.5 Å². The lowest BCUT2D eigenvalue weighted by Gasteiger charge is -2.28. The van der Waals surface area contributed by atoms with Crippen LogP contribution in [-0.4, -0.2) is 33.0 Å². The molecular formula is C29H30F3N3O2. The van der Waals surface area contributed by atoms with E-state index in [9.17, 15) is 23.1 Å². The van der Waals surface area contributed by atoms with Crippen molar-refractivity contribution in [1.29, 1.82) is 0 Å². The van der Waals surface area contributed by atoms with Gasteiger partial charge in [-0.05, 0) is 59.2 Å². The zero-order valence-corrected chi connectivity index (χ0v) is 20.8. The third kappa shape index (κ3) is 5.00. The Labute approximate surface area is 214 Å². The SMILES string of the molecule is CC(C)[C@H]1c2ncc(C(=O)NC3(CO)Cc4ccccc4C3)cc2CN1Cc1ccc(C(F)(F)F)cc1. The number of fused-ring (bicyclic) bond motifs is 2. The van der Waals surface area contributed by atoms with Gasteiger partial charge in [-0.15, -0.1) is 0 Å². The van der Waals surface area contributed by atoms with Gasteiger partial charge in [0.2, 0.25) is 0 Å². The number of aliphatic hydroxyl groups is 1. The molecule has 0 saturated heterocycles. The van der Waals surface area contributed by atoms with Gasteiger partial charge in [0.05, 0.1) is 35.0 Å². The van der Waals surface area contributed by atoms with Crippen LogP contribution in [0.4, 0.5) is 13.2 Å². The zero-order valence-electron chi connectivity index (χ0n) is 20.8. The molecule has 37 heavy (non-hydrogen) atoms. The first-order valence-electron chi connectivity index (χ1n) is 12.5. The highest BCUT2D eigenvalue weighted by Gasteiger charge is 2.39. The Morgan fingerprint density at radius 1 is 1.11 bits per heavy atom. The molecule has 2 aromatic carbocycles. The Morgan fingerprint density at radius 3 is 2.32 bits per heavy atom. The summed E-state index contributed by atoms with van der Waals surface area (Å²) in [5, 5.41) is 13.2. The fourth-order valence-corrected chi connectivity index (χ4v) is 5.70. The van der Waals surface area contributed by atoms with Crippen LogP contribution in [0.25, 0.3) is 0 Å². The Kier molecular flexibility index (Phi) is 6.58. The number of rotatable bonds is 6. The van der Waals surface area contributed by atoms with Gasteiger partial charge in [-0.1, -0.05) is 50.2 Å². The number of pyridine rings is 1. The van der Waals surface area contributed by atoms with Gasteiger partial charge < -0.3 is 10.4 Å². The van der Waals surface area contributed by atoms with Crippen LogP contribution >= 0.6 is 0 Å². The van der Waals surface area contributed by atoms with Gasteiger partial charge in [-0.3, -0.25) is 14.7 Å². The van der Waals surface area contributed by atoms with E-state index in [1.807, 2.05) is 30.3 Å². The number of carbonyl (C=O) groups is 1. The Morgan fingerprint density at radius 2 is 1.76 bits per heavy atom. The summed E-state index contributed by atoms with van der Waals surface area (Å²) in [4.78, 5) is 20.1. The van der Waals surface area contributed by atoms with Crippen LogP contribution in [0.2, 0.25) is 0 Å². The van der Waals surface area contributed by atoms with Crippen molar-refractivity contribution in [2.45, 2.75) is 57.5 Å². The second kappa shape index (κ2) is 9.58. The van der Waals surface area contributed by atoms with Crippen molar-refractivity contribution < 1.29 is 23.1 Å². The number of halogens is 3. The van der Waals surface area contributed by atoms with E-state index in [2.05, 4.69) is 29.0 Å². The number of nitrogens with zero attached hydrogens (tertiary/aromatic N) is 2. The summed E-state index contributed by atoms with van der Waals surface area (Å²) in [5.74, 6) is -0.0584. The molecule has 5 rings (SSSR count). The molecule has 0 bridgehead atoms. The molecule has 1 aromatic heterocycles. The molecule has 2 N–H and O–H groups in total. The topological polar surface area (TPSA) is 65.5 Å². The predicted octanol–water partition coefficient (Wildman–Crippen LogP) is 5.07.